The molecule has 0 saturated heterocycles. The highest BCUT2D eigenvalue weighted by molar-refractivity contribution is 5.01. The monoisotopic (exact) mass is 180 g/mol. The van der Waals surface area contributed by atoms with Gasteiger partial charge in [-0.05, 0) is 18.8 Å². The van der Waals surface area contributed by atoms with Crippen LogP contribution in [0.2, 0.25) is 0 Å². The van der Waals surface area contributed by atoms with Gasteiger partial charge in [-0.2, -0.15) is 0 Å². The average Bonchev–Trinajstić information content (AvgIpc) is 2.02. The van der Waals surface area contributed by atoms with Crippen molar-refractivity contribution in [2.45, 2.75) is 64.8 Å². The van der Waals surface area contributed by atoms with E-state index in [0.29, 0.717) is 0 Å². The minimum Gasteiger partial charge on any atom is -0.0778 e. The van der Waals surface area contributed by atoms with Crippen molar-refractivity contribution < 1.29 is 0 Å². The second-order valence-electron chi connectivity index (χ2n) is 4.72. The molecule has 13 heavy (non-hydrogen) atoms. The highest BCUT2D eigenvalue weighted by Gasteiger charge is 2.34. The molecule has 0 N–H and O–H groups in total. The van der Waals surface area contributed by atoms with Crippen LogP contribution in [0.5, 0.6) is 0 Å². The fourth-order valence-electron chi connectivity index (χ4n) is 2.31. The summed E-state index contributed by atoms with van der Waals surface area (Å²) in [7, 11) is 0. The lowest BCUT2D eigenvalue weighted by Crippen LogP contribution is -2.22. The van der Waals surface area contributed by atoms with Crippen molar-refractivity contribution in [2.75, 3.05) is 0 Å². The Bertz CT molecular complexity index is 199. The Morgan fingerprint density at radius 1 is 1.23 bits per heavy atom. The maximum atomic E-state index is 4.49. The van der Waals surface area contributed by atoms with Gasteiger partial charge in [0.15, 0.2) is 0 Å². The Hall–Kier alpha value is -0.510. The molecule has 1 fully saturated rings. The summed E-state index contributed by atoms with van der Waals surface area (Å²) in [5.74, 6) is 0.930. The Morgan fingerprint density at radius 3 is 2.23 bits per heavy atom. The molecule has 74 valence electrons. The Balaban J connectivity index is 2.52. The first-order valence-electron chi connectivity index (χ1n) is 5.55. The summed E-state index contributed by atoms with van der Waals surface area (Å²) in [6, 6.07) is 2.96. The first kappa shape index (κ1) is 10.6. The lowest BCUT2D eigenvalue weighted by Gasteiger charge is -2.20. The Kier molecular flexibility index (Phi) is 3.78. The van der Waals surface area contributed by atoms with Crippen LogP contribution in [0, 0.1) is 12.0 Å². The van der Waals surface area contributed by atoms with E-state index in [1.54, 1.807) is 0 Å². The molecule has 0 aliphatic heterocycles. The summed E-state index contributed by atoms with van der Waals surface area (Å²) in [6.45, 7) is 6.56. The molecule has 0 aromatic rings. The van der Waals surface area contributed by atoms with Gasteiger partial charge in [0.25, 0.3) is 11.6 Å². The van der Waals surface area contributed by atoms with Crippen molar-refractivity contribution in [1.29, 1.82) is 0 Å². The second kappa shape index (κ2) is 4.65. The van der Waals surface area contributed by atoms with Gasteiger partial charge in [-0.3, -0.25) is 0 Å². The quantitative estimate of drug-likeness (QED) is 0.529. The third-order valence-electron chi connectivity index (χ3n) is 3.21. The number of hydrogen-bond acceptors (Lipinski definition) is 0. The minimum atomic E-state index is 0.203. The van der Waals surface area contributed by atoms with E-state index in [9.17, 15) is 0 Å². The molecule has 0 spiro atoms. The normalized spacial score (nSPS) is 35.5. The van der Waals surface area contributed by atoms with Gasteiger partial charge in [-0.25, -0.2) is 0 Å². The van der Waals surface area contributed by atoms with Crippen LogP contribution >= 0.6 is 0 Å². The van der Waals surface area contributed by atoms with Gasteiger partial charge in [0.2, 0.25) is 0 Å². The topological polar surface area (TPSA) is 4.36 Å². The number of hydrogen-bond donors (Lipinski definition) is 0. The summed E-state index contributed by atoms with van der Waals surface area (Å²) >= 11 is 0. The molecule has 1 aliphatic carbocycles. The van der Waals surface area contributed by atoms with Gasteiger partial charge in [0.05, 0.1) is 6.92 Å². The SMILES string of the molecule is CC#[N+]C1(C)CCCC(C)CCC1. The summed E-state index contributed by atoms with van der Waals surface area (Å²) in [4.78, 5) is 4.49. The predicted octanol–water partition coefficient (Wildman–Crippen LogP) is 4.09. The largest absolute Gasteiger partial charge is 0.278 e. The maximum Gasteiger partial charge on any atom is 0.278 e. The molecule has 0 bridgehead atoms. The van der Waals surface area contributed by atoms with E-state index in [1.165, 1.54) is 38.5 Å². The molecular weight excluding hydrogens is 158 g/mol. The average molecular weight is 180 g/mol. The van der Waals surface area contributed by atoms with Gasteiger partial charge in [0.1, 0.15) is 0 Å². The van der Waals surface area contributed by atoms with Crippen LogP contribution in [0.15, 0.2) is 0 Å². The van der Waals surface area contributed by atoms with Crippen LogP contribution < -0.4 is 0 Å². The smallest absolute Gasteiger partial charge is 0.0778 e. The standard InChI is InChI=1S/C12H22N/c1-4-13-12(3)9-5-7-11(2)8-6-10-12/h11H,5-10H2,1-3H3/q+1. The summed E-state index contributed by atoms with van der Waals surface area (Å²) < 4.78 is 0. The maximum absolute atomic E-state index is 4.49. The van der Waals surface area contributed by atoms with Crippen molar-refractivity contribution in [3.05, 3.63) is 4.85 Å². The third kappa shape index (κ3) is 3.38. The van der Waals surface area contributed by atoms with Gasteiger partial charge in [-0.15, -0.1) is 0 Å². The molecule has 0 radical (unpaired) electrons. The fourth-order valence-corrected chi connectivity index (χ4v) is 2.31. The van der Waals surface area contributed by atoms with Crippen molar-refractivity contribution in [2.24, 2.45) is 5.92 Å². The summed E-state index contributed by atoms with van der Waals surface area (Å²) in [5.41, 5.74) is 0.203. The zero-order chi connectivity index (χ0) is 9.73. The number of nitrogens with zero attached hydrogens (tertiary/aromatic N) is 1. The molecule has 0 atom stereocenters. The lowest BCUT2D eigenvalue weighted by molar-refractivity contribution is 0.339. The van der Waals surface area contributed by atoms with E-state index >= 15 is 0 Å². The van der Waals surface area contributed by atoms with Crippen LogP contribution in [0.4, 0.5) is 0 Å². The van der Waals surface area contributed by atoms with Crippen LogP contribution in [0.25, 0.3) is 4.85 Å². The van der Waals surface area contributed by atoms with Crippen LogP contribution in [-0.4, -0.2) is 5.54 Å². The molecular formula is C12H22N+. The first-order chi connectivity index (χ1) is 6.16. The van der Waals surface area contributed by atoms with Gasteiger partial charge < -0.3 is 0 Å². The van der Waals surface area contributed by atoms with E-state index in [4.69, 9.17) is 0 Å². The highest BCUT2D eigenvalue weighted by atomic mass is 14.8. The molecule has 0 aromatic heterocycles. The highest BCUT2D eigenvalue weighted by Crippen LogP contribution is 2.31. The fraction of sp³-hybridized carbons (Fsp3) is 0.917. The summed E-state index contributed by atoms with van der Waals surface area (Å²) in [5, 5.41) is 0. The zero-order valence-corrected chi connectivity index (χ0v) is 9.27. The molecule has 1 heteroatoms. The molecule has 0 aromatic carbocycles. The zero-order valence-electron chi connectivity index (χ0n) is 9.27. The van der Waals surface area contributed by atoms with Gasteiger partial charge in [0, 0.05) is 19.8 Å². The summed E-state index contributed by atoms with van der Waals surface area (Å²) in [6.07, 6.45) is 7.94. The van der Waals surface area contributed by atoms with Gasteiger partial charge >= 0.3 is 0 Å². The molecule has 1 aliphatic rings. The Labute approximate surface area is 82.4 Å². The van der Waals surface area contributed by atoms with Crippen molar-refractivity contribution >= 4 is 0 Å². The first-order valence-corrected chi connectivity index (χ1v) is 5.55. The molecule has 0 amide bonds. The Morgan fingerprint density at radius 2 is 1.77 bits per heavy atom. The van der Waals surface area contributed by atoms with Gasteiger partial charge in [-0.1, -0.05) is 24.6 Å². The molecule has 1 rings (SSSR count). The van der Waals surface area contributed by atoms with Crippen molar-refractivity contribution in [3.8, 4) is 6.07 Å². The van der Waals surface area contributed by atoms with E-state index < -0.39 is 0 Å². The molecule has 1 nitrogen and oxygen atoms in total. The van der Waals surface area contributed by atoms with Crippen LogP contribution in [0.1, 0.15) is 59.3 Å². The van der Waals surface area contributed by atoms with Crippen LogP contribution in [0.3, 0.4) is 0 Å². The third-order valence-corrected chi connectivity index (χ3v) is 3.21. The van der Waals surface area contributed by atoms with Crippen molar-refractivity contribution in [1.82, 2.24) is 0 Å². The van der Waals surface area contributed by atoms with E-state index in [-0.39, 0.29) is 5.54 Å². The number of rotatable bonds is 0. The van der Waals surface area contributed by atoms with Crippen molar-refractivity contribution in [3.63, 3.8) is 0 Å². The van der Waals surface area contributed by atoms with Crippen LogP contribution in [-0.2, 0) is 0 Å². The molecule has 1 saturated carbocycles. The molecule has 0 unspecified atom stereocenters. The van der Waals surface area contributed by atoms with E-state index in [2.05, 4.69) is 24.8 Å². The van der Waals surface area contributed by atoms with E-state index in [1.807, 2.05) is 6.92 Å². The lowest BCUT2D eigenvalue weighted by atomic mass is 9.83. The minimum absolute atomic E-state index is 0.203. The predicted molar refractivity (Wildman–Crippen MR) is 58.2 cm³/mol. The molecule has 0 heterocycles. The van der Waals surface area contributed by atoms with E-state index in [0.717, 1.165) is 5.92 Å². The second-order valence-corrected chi connectivity index (χ2v) is 4.72.